The van der Waals surface area contributed by atoms with Gasteiger partial charge in [0.2, 0.25) is 0 Å². The van der Waals surface area contributed by atoms with Crippen LogP contribution >= 0.6 is 39.3 Å². The van der Waals surface area contributed by atoms with E-state index in [1.54, 1.807) is 18.3 Å². The molecular formula is C16H14BrClN2OS. The number of carbonyl (C=O) groups excluding carboxylic acids is 1. The largest absolute Gasteiger partial charge is 0.272 e. The molecule has 0 aromatic heterocycles. The Labute approximate surface area is 147 Å². The third-order valence-electron chi connectivity index (χ3n) is 2.73. The second-order valence-electron chi connectivity index (χ2n) is 4.50. The second kappa shape index (κ2) is 8.36. The van der Waals surface area contributed by atoms with Crippen molar-refractivity contribution in [1.82, 2.24) is 5.43 Å². The summed E-state index contributed by atoms with van der Waals surface area (Å²) in [4.78, 5) is 13.0. The normalized spacial score (nSPS) is 12.3. The van der Waals surface area contributed by atoms with Crippen molar-refractivity contribution in [3.63, 3.8) is 0 Å². The number of hydrazone groups is 1. The van der Waals surface area contributed by atoms with Crippen LogP contribution in [0.15, 0.2) is 63.0 Å². The number of thioether (sulfide) groups is 1. The van der Waals surface area contributed by atoms with Gasteiger partial charge < -0.3 is 0 Å². The van der Waals surface area contributed by atoms with Crippen LogP contribution in [-0.2, 0) is 4.79 Å². The first-order valence-electron chi connectivity index (χ1n) is 6.55. The lowest BCUT2D eigenvalue weighted by Crippen LogP contribution is -2.26. The van der Waals surface area contributed by atoms with Crippen LogP contribution in [0.5, 0.6) is 0 Å². The molecule has 2 rings (SSSR count). The Bertz CT molecular complexity index is 676. The number of benzene rings is 2. The standard InChI is InChI=1S/C16H14BrClN2OS/c1-11(22-15-7-5-14(18)6-8-15)16(21)20-19-10-12-3-2-4-13(17)9-12/h2-11H,1H3,(H,20,21)/b19-10-/t11-/m0/s1. The zero-order valence-corrected chi connectivity index (χ0v) is 15.0. The highest BCUT2D eigenvalue weighted by atomic mass is 79.9. The number of carbonyl (C=O) groups is 1. The predicted molar refractivity (Wildman–Crippen MR) is 96.6 cm³/mol. The Morgan fingerprint density at radius 2 is 2.05 bits per heavy atom. The van der Waals surface area contributed by atoms with Gasteiger partial charge in [-0.15, -0.1) is 11.8 Å². The number of amides is 1. The monoisotopic (exact) mass is 396 g/mol. The van der Waals surface area contributed by atoms with Crippen LogP contribution in [0.25, 0.3) is 0 Å². The van der Waals surface area contributed by atoms with E-state index in [2.05, 4.69) is 26.5 Å². The molecular weight excluding hydrogens is 384 g/mol. The lowest BCUT2D eigenvalue weighted by atomic mass is 10.2. The molecule has 0 aliphatic rings. The zero-order valence-electron chi connectivity index (χ0n) is 11.8. The third kappa shape index (κ3) is 5.48. The summed E-state index contributed by atoms with van der Waals surface area (Å²) in [5.74, 6) is -0.147. The molecule has 2 aromatic carbocycles. The van der Waals surface area contributed by atoms with E-state index in [-0.39, 0.29) is 11.2 Å². The minimum absolute atomic E-state index is 0.147. The van der Waals surface area contributed by atoms with Gasteiger partial charge in [-0.3, -0.25) is 4.79 Å². The fourth-order valence-electron chi connectivity index (χ4n) is 1.62. The van der Waals surface area contributed by atoms with Crippen molar-refractivity contribution in [2.24, 2.45) is 5.10 Å². The van der Waals surface area contributed by atoms with Crippen molar-refractivity contribution in [2.45, 2.75) is 17.1 Å². The summed E-state index contributed by atoms with van der Waals surface area (Å²) in [6.45, 7) is 1.84. The van der Waals surface area contributed by atoms with Crippen molar-refractivity contribution < 1.29 is 4.79 Å². The van der Waals surface area contributed by atoms with Crippen molar-refractivity contribution in [1.29, 1.82) is 0 Å². The average molecular weight is 398 g/mol. The molecule has 22 heavy (non-hydrogen) atoms. The molecule has 1 atom stereocenters. The Balaban J connectivity index is 1.87. The number of nitrogens with zero attached hydrogens (tertiary/aromatic N) is 1. The molecule has 0 heterocycles. The molecule has 0 aliphatic heterocycles. The molecule has 2 aromatic rings. The van der Waals surface area contributed by atoms with E-state index < -0.39 is 0 Å². The van der Waals surface area contributed by atoms with Gasteiger partial charge in [-0.1, -0.05) is 39.7 Å². The average Bonchev–Trinajstić information content (AvgIpc) is 2.49. The quantitative estimate of drug-likeness (QED) is 0.450. The van der Waals surface area contributed by atoms with Crippen molar-refractivity contribution in [3.8, 4) is 0 Å². The maximum absolute atomic E-state index is 12.0. The van der Waals surface area contributed by atoms with Crippen LogP contribution in [0, 0.1) is 0 Å². The van der Waals surface area contributed by atoms with E-state index in [1.165, 1.54) is 11.8 Å². The summed E-state index contributed by atoms with van der Waals surface area (Å²) in [7, 11) is 0. The van der Waals surface area contributed by atoms with Gasteiger partial charge in [0.1, 0.15) is 0 Å². The molecule has 0 aliphatic carbocycles. The minimum atomic E-state index is -0.249. The van der Waals surface area contributed by atoms with E-state index in [1.807, 2.05) is 43.3 Å². The van der Waals surface area contributed by atoms with E-state index in [9.17, 15) is 4.79 Å². The van der Waals surface area contributed by atoms with Gasteiger partial charge in [0, 0.05) is 14.4 Å². The number of hydrogen-bond acceptors (Lipinski definition) is 3. The van der Waals surface area contributed by atoms with Crippen LogP contribution in [-0.4, -0.2) is 17.4 Å². The van der Waals surface area contributed by atoms with E-state index in [0.717, 1.165) is 14.9 Å². The molecule has 0 spiro atoms. The summed E-state index contributed by atoms with van der Waals surface area (Å²) in [6, 6.07) is 15.1. The van der Waals surface area contributed by atoms with Gasteiger partial charge in [-0.2, -0.15) is 5.10 Å². The lowest BCUT2D eigenvalue weighted by molar-refractivity contribution is -0.120. The Morgan fingerprint density at radius 1 is 1.32 bits per heavy atom. The summed E-state index contributed by atoms with van der Waals surface area (Å²) in [5, 5.41) is 4.41. The molecule has 0 fully saturated rings. The van der Waals surface area contributed by atoms with Crippen molar-refractivity contribution in [2.75, 3.05) is 0 Å². The first-order valence-corrected chi connectivity index (χ1v) is 8.60. The van der Waals surface area contributed by atoms with E-state index in [4.69, 9.17) is 11.6 Å². The number of rotatable bonds is 5. The van der Waals surface area contributed by atoms with Gasteiger partial charge in [0.25, 0.3) is 5.91 Å². The van der Waals surface area contributed by atoms with Crippen molar-refractivity contribution >= 4 is 51.4 Å². The smallest absolute Gasteiger partial charge is 0.253 e. The molecule has 114 valence electrons. The molecule has 6 heteroatoms. The number of halogens is 2. The highest BCUT2D eigenvalue weighted by Gasteiger charge is 2.13. The van der Waals surface area contributed by atoms with Gasteiger partial charge in [-0.05, 0) is 48.9 Å². The minimum Gasteiger partial charge on any atom is -0.272 e. The topological polar surface area (TPSA) is 41.5 Å². The summed E-state index contributed by atoms with van der Waals surface area (Å²) in [6.07, 6.45) is 1.61. The highest BCUT2D eigenvalue weighted by Crippen LogP contribution is 2.24. The zero-order chi connectivity index (χ0) is 15.9. The Hall–Kier alpha value is -1.30. The lowest BCUT2D eigenvalue weighted by Gasteiger charge is -2.09. The van der Waals surface area contributed by atoms with Crippen LogP contribution in [0.1, 0.15) is 12.5 Å². The molecule has 1 N–H and O–H groups in total. The molecule has 0 unspecified atom stereocenters. The fraction of sp³-hybridized carbons (Fsp3) is 0.125. The molecule has 0 saturated heterocycles. The molecule has 1 amide bonds. The SMILES string of the molecule is C[C@H](Sc1ccc(Cl)cc1)C(=O)N/N=C\c1cccc(Br)c1. The van der Waals surface area contributed by atoms with E-state index >= 15 is 0 Å². The molecule has 0 bridgehead atoms. The van der Waals surface area contributed by atoms with Gasteiger partial charge in [0.15, 0.2) is 0 Å². The number of nitrogens with one attached hydrogen (secondary N) is 1. The highest BCUT2D eigenvalue weighted by molar-refractivity contribution is 9.10. The molecule has 3 nitrogen and oxygen atoms in total. The maximum Gasteiger partial charge on any atom is 0.253 e. The maximum atomic E-state index is 12.0. The Kier molecular flexibility index (Phi) is 6.49. The van der Waals surface area contributed by atoms with Gasteiger partial charge in [0.05, 0.1) is 11.5 Å². The predicted octanol–water partition coefficient (Wildman–Crippen LogP) is 4.73. The first-order chi connectivity index (χ1) is 10.5. The van der Waals surface area contributed by atoms with Crippen LogP contribution < -0.4 is 5.43 Å². The summed E-state index contributed by atoms with van der Waals surface area (Å²) >= 11 is 10.7. The summed E-state index contributed by atoms with van der Waals surface area (Å²) < 4.78 is 0.967. The second-order valence-corrected chi connectivity index (χ2v) is 7.27. The first kappa shape index (κ1) is 17.1. The van der Waals surface area contributed by atoms with Crippen LogP contribution in [0.3, 0.4) is 0 Å². The third-order valence-corrected chi connectivity index (χ3v) is 4.59. The van der Waals surface area contributed by atoms with Crippen LogP contribution in [0.4, 0.5) is 0 Å². The van der Waals surface area contributed by atoms with Gasteiger partial charge in [-0.25, -0.2) is 5.43 Å². The molecule has 0 saturated carbocycles. The Morgan fingerprint density at radius 3 is 2.73 bits per heavy atom. The van der Waals surface area contributed by atoms with Crippen molar-refractivity contribution in [3.05, 3.63) is 63.6 Å². The summed E-state index contributed by atoms with van der Waals surface area (Å²) in [5.41, 5.74) is 3.46. The number of hydrogen-bond donors (Lipinski definition) is 1. The van der Waals surface area contributed by atoms with E-state index in [0.29, 0.717) is 5.02 Å². The fourth-order valence-corrected chi connectivity index (χ4v) is 3.02. The van der Waals surface area contributed by atoms with Gasteiger partial charge >= 0.3 is 0 Å². The molecule has 0 radical (unpaired) electrons. The van der Waals surface area contributed by atoms with Crippen LogP contribution in [0.2, 0.25) is 5.02 Å².